The quantitative estimate of drug-likeness (QED) is 0.914. The molecule has 1 aliphatic rings. The van der Waals surface area contributed by atoms with E-state index in [1.807, 2.05) is 6.07 Å². The molecule has 0 atom stereocenters. The maximum Gasteiger partial charge on any atom is 0.261 e. The SMILES string of the molecule is O=S(=O)(Nc1ccc(F)cc1)c1ccc2c(c1)NCC2. The summed E-state index contributed by atoms with van der Waals surface area (Å²) in [6.45, 7) is 0.824. The first kappa shape index (κ1) is 12.9. The third-order valence-electron chi connectivity index (χ3n) is 3.20. The van der Waals surface area contributed by atoms with E-state index < -0.39 is 15.8 Å². The van der Waals surface area contributed by atoms with Crippen LogP contribution in [0.2, 0.25) is 0 Å². The largest absolute Gasteiger partial charge is 0.384 e. The normalized spacial score (nSPS) is 13.7. The number of hydrogen-bond acceptors (Lipinski definition) is 3. The maximum absolute atomic E-state index is 12.8. The molecule has 0 fully saturated rings. The predicted molar refractivity (Wildman–Crippen MR) is 75.8 cm³/mol. The Morgan fingerprint density at radius 1 is 1.10 bits per heavy atom. The molecule has 1 aliphatic heterocycles. The summed E-state index contributed by atoms with van der Waals surface area (Å²) >= 11 is 0. The third kappa shape index (κ3) is 2.46. The lowest BCUT2D eigenvalue weighted by atomic mass is 10.2. The molecule has 2 aromatic carbocycles. The van der Waals surface area contributed by atoms with Crippen molar-refractivity contribution >= 4 is 21.4 Å². The number of halogens is 1. The summed E-state index contributed by atoms with van der Waals surface area (Å²) in [6, 6.07) is 10.2. The van der Waals surface area contributed by atoms with Crippen molar-refractivity contribution in [2.45, 2.75) is 11.3 Å². The molecule has 20 heavy (non-hydrogen) atoms. The van der Waals surface area contributed by atoms with E-state index in [9.17, 15) is 12.8 Å². The van der Waals surface area contributed by atoms with Crippen LogP contribution in [-0.2, 0) is 16.4 Å². The van der Waals surface area contributed by atoms with Gasteiger partial charge in [-0.15, -0.1) is 0 Å². The fourth-order valence-corrected chi connectivity index (χ4v) is 3.25. The average Bonchev–Trinajstić information content (AvgIpc) is 2.88. The van der Waals surface area contributed by atoms with E-state index in [1.54, 1.807) is 12.1 Å². The first-order valence-corrected chi connectivity index (χ1v) is 7.68. The zero-order chi connectivity index (χ0) is 14.2. The number of fused-ring (bicyclic) bond motifs is 1. The molecule has 2 N–H and O–H groups in total. The highest BCUT2D eigenvalue weighted by Crippen LogP contribution is 2.26. The van der Waals surface area contributed by atoms with Gasteiger partial charge in [0.1, 0.15) is 5.82 Å². The van der Waals surface area contributed by atoms with Crippen LogP contribution < -0.4 is 10.0 Å². The molecular formula is C14H13FN2O2S. The Balaban J connectivity index is 1.90. The van der Waals surface area contributed by atoms with Crippen LogP contribution in [-0.4, -0.2) is 15.0 Å². The van der Waals surface area contributed by atoms with E-state index in [0.717, 1.165) is 24.2 Å². The molecular weight excluding hydrogens is 279 g/mol. The molecule has 104 valence electrons. The molecule has 0 aromatic heterocycles. The van der Waals surface area contributed by atoms with Gasteiger partial charge in [0.05, 0.1) is 4.90 Å². The van der Waals surface area contributed by atoms with Crippen molar-refractivity contribution in [2.75, 3.05) is 16.6 Å². The molecule has 4 nitrogen and oxygen atoms in total. The Morgan fingerprint density at radius 2 is 1.85 bits per heavy atom. The number of benzene rings is 2. The van der Waals surface area contributed by atoms with Gasteiger partial charge in [-0.2, -0.15) is 0 Å². The molecule has 0 aliphatic carbocycles. The second-order valence-corrected chi connectivity index (χ2v) is 6.29. The second-order valence-electron chi connectivity index (χ2n) is 4.61. The zero-order valence-electron chi connectivity index (χ0n) is 10.6. The molecule has 3 rings (SSSR count). The van der Waals surface area contributed by atoms with Crippen LogP contribution in [0.3, 0.4) is 0 Å². The maximum atomic E-state index is 12.8. The minimum atomic E-state index is -3.66. The minimum absolute atomic E-state index is 0.190. The summed E-state index contributed by atoms with van der Waals surface area (Å²) in [7, 11) is -3.66. The molecule has 0 spiro atoms. The van der Waals surface area contributed by atoms with E-state index in [-0.39, 0.29) is 4.90 Å². The Kier molecular flexibility index (Phi) is 3.10. The van der Waals surface area contributed by atoms with Crippen molar-refractivity contribution in [1.82, 2.24) is 0 Å². The lowest BCUT2D eigenvalue weighted by Crippen LogP contribution is -2.13. The van der Waals surface area contributed by atoms with Gasteiger partial charge in [0.15, 0.2) is 0 Å². The third-order valence-corrected chi connectivity index (χ3v) is 4.58. The predicted octanol–water partition coefficient (Wildman–Crippen LogP) is 2.59. The van der Waals surface area contributed by atoms with Crippen LogP contribution >= 0.6 is 0 Å². The van der Waals surface area contributed by atoms with Crippen LogP contribution in [0.15, 0.2) is 47.4 Å². The lowest BCUT2D eigenvalue weighted by molar-refractivity contribution is 0.601. The standard InChI is InChI=1S/C14H13FN2O2S/c15-11-2-4-12(5-3-11)17-20(18,19)13-6-1-10-7-8-16-14(10)9-13/h1-6,9,16-17H,7-8H2. The Morgan fingerprint density at radius 3 is 2.60 bits per heavy atom. The van der Waals surface area contributed by atoms with Crippen LogP contribution in [0.25, 0.3) is 0 Å². The van der Waals surface area contributed by atoms with Gasteiger partial charge < -0.3 is 5.32 Å². The second kappa shape index (κ2) is 4.79. The van der Waals surface area contributed by atoms with E-state index in [4.69, 9.17) is 0 Å². The molecule has 0 amide bonds. The van der Waals surface area contributed by atoms with Crippen molar-refractivity contribution in [3.8, 4) is 0 Å². The highest BCUT2D eigenvalue weighted by molar-refractivity contribution is 7.92. The van der Waals surface area contributed by atoms with Gasteiger partial charge >= 0.3 is 0 Å². The van der Waals surface area contributed by atoms with E-state index in [0.29, 0.717) is 5.69 Å². The molecule has 0 unspecified atom stereocenters. The van der Waals surface area contributed by atoms with Crippen molar-refractivity contribution < 1.29 is 12.8 Å². The van der Waals surface area contributed by atoms with Crippen molar-refractivity contribution in [2.24, 2.45) is 0 Å². The van der Waals surface area contributed by atoms with E-state index in [2.05, 4.69) is 10.0 Å². The van der Waals surface area contributed by atoms with Crippen molar-refractivity contribution in [3.05, 3.63) is 53.8 Å². The summed E-state index contributed by atoms with van der Waals surface area (Å²) in [5.74, 6) is -0.408. The zero-order valence-corrected chi connectivity index (χ0v) is 11.4. The van der Waals surface area contributed by atoms with Crippen molar-refractivity contribution in [1.29, 1.82) is 0 Å². The summed E-state index contributed by atoms with van der Waals surface area (Å²) in [4.78, 5) is 0.190. The van der Waals surface area contributed by atoms with Crippen LogP contribution in [0.4, 0.5) is 15.8 Å². The van der Waals surface area contributed by atoms with Crippen LogP contribution in [0.1, 0.15) is 5.56 Å². The first-order chi connectivity index (χ1) is 9.54. The highest BCUT2D eigenvalue weighted by Gasteiger charge is 2.18. The molecule has 6 heteroatoms. The summed E-state index contributed by atoms with van der Waals surface area (Å²) in [6.07, 6.45) is 0.904. The van der Waals surface area contributed by atoms with Gasteiger partial charge in [0, 0.05) is 17.9 Å². The number of nitrogens with one attached hydrogen (secondary N) is 2. The van der Waals surface area contributed by atoms with Gasteiger partial charge in [-0.1, -0.05) is 6.07 Å². The number of sulfonamides is 1. The Bertz CT molecular complexity index is 742. The topological polar surface area (TPSA) is 58.2 Å². The van der Waals surface area contributed by atoms with Gasteiger partial charge in [0.25, 0.3) is 10.0 Å². The molecule has 0 saturated heterocycles. The molecule has 2 aromatic rings. The molecule has 0 radical (unpaired) electrons. The van der Waals surface area contributed by atoms with Gasteiger partial charge in [-0.25, -0.2) is 12.8 Å². The highest BCUT2D eigenvalue weighted by atomic mass is 32.2. The minimum Gasteiger partial charge on any atom is -0.384 e. The monoisotopic (exact) mass is 292 g/mol. The fourth-order valence-electron chi connectivity index (χ4n) is 2.17. The summed E-state index contributed by atoms with van der Waals surface area (Å²) in [5, 5.41) is 3.14. The van der Waals surface area contributed by atoms with Gasteiger partial charge in [-0.3, -0.25) is 4.72 Å². The van der Waals surface area contributed by atoms with Gasteiger partial charge in [0.2, 0.25) is 0 Å². The Hall–Kier alpha value is -2.08. The fraction of sp³-hybridized carbons (Fsp3) is 0.143. The van der Waals surface area contributed by atoms with Gasteiger partial charge in [-0.05, 0) is 48.4 Å². The van der Waals surface area contributed by atoms with E-state index in [1.165, 1.54) is 24.3 Å². The Labute approximate surface area is 116 Å². The molecule has 0 saturated carbocycles. The summed E-state index contributed by atoms with van der Waals surface area (Å²) < 4.78 is 39.7. The van der Waals surface area contributed by atoms with E-state index >= 15 is 0 Å². The van der Waals surface area contributed by atoms with Crippen LogP contribution in [0.5, 0.6) is 0 Å². The van der Waals surface area contributed by atoms with Crippen molar-refractivity contribution in [3.63, 3.8) is 0 Å². The van der Waals surface area contributed by atoms with Crippen LogP contribution in [0, 0.1) is 5.82 Å². The summed E-state index contributed by atoms with van der Waals surface area (Å²) in [5.41, 5.74) is 2.30. The average molecular weight is 292 g/mol. The number of anilines is 2. The number of hydrogen-bond donors (Lipinski definition) is 2. The smallest absolute Gasteiger partial charge is 0.261 e. The molecule has 0 bridgehead atoms. The number of rotatable bonds is 3. The first-order valence-electron chi connectivity index (χ1n) is 6.20. The lowest BCUT2D eigenvalue weighted by Gasteiger charge is -2.09. The molecule has 1 heterocycles.